The Balaban J connectivity index is 0.00000385. The SMILES string of the molecule is Cc1c(C(C)(C)C)[nH]c2cc(OCCNC[C@H](O)c3cccc(NS(C)(=O)=O)c3)ccc12.Cl. The Hall–Kier alpha value is -2.26. The number of nitrogens with one attached hydrogen (secondary N) is 3. The highest BCUT2D eigenvalue weighted by molar-refractivity contribution is 7.92. The van der Waals surface area contributed by atoms with Crippen LogP contribution in [-0.4, -0.2) is 44.5 Å². The summed E-state index contributed by atoms with van der Waals surface area (Å²) in [6.45, 7) is 10.1. The molecule has 0 radical (unpaired) electrons. The molecule has 1 heterocycles. The first-order valence-corrected chi connectivity index (χ1v) is 12.6. The molecule has 0 aliphatic rings. The Morgan fingerprint density at radius 2 is 1.88 bits per heavy atom. The number of fused-ring (bicyclic) bond motifs is 1. The van der Waals surface area contributed by atoms with Gasteiger partial charge >= 0.3 is 0 Å². The standard InChI is InChI=1S/C24H33N3O4S.ClH/c1-16-20-10-9-19(14-21(20)26-23(16)24(2,3)4)31-12-11-25-15-22(28)17-7-6-8-18(13-17)27-32(5,29)30;/h6-10,13-14,22,25-28H,11-12,15H2,1-5H3;1H/t22-;/m0./s1. The molecule has 3 aromatic rings. The number of rotatable bonds is 9. The van der Waals surface area contributed by atoms with Crippen molar-refractivity contribution in [1.29, 1.82) is 0 Å². The third kappa shape index (κ3) is 7.37. The molecule has 0 spiro atoms. The van der Waals surface area contributed by atoms with Gasteiger partial charge in [0, 0.05) is 46.9 Å². The third-order valence-electron chi connectivity index (χ3n) is 5.24. The first-order valence-electron chi connectivity index (χ1n) is 10.7. The van der Waals surface area contributed by atoms with Crippen molar-refractivity contribution in [3.63, 3.8) is 0 Å². The average Bonchev–Trinajstić information content (AvgIpc) is 3.03. The third-order valence-corrected chi connectivity index (χ3v) is 5.85. The Morgan fingerprint density at radius 3 is 2.55 bits per heavy atom. The molecule has 0 amide bonds. The zero-order chi connectivity index (χ0) is 23.5. The molecule has 182 valence electrons. The fourth-order valence-corrected chi connectivity index (χ4v) is 4.33. The monoisotopic (exact) mass is 495 g/mol. The van der Waals surface area contributed by atoms with Crippen molar-refractivity contribution in [1.82, 2.24) is 10.3 Å². The van der Waals surface area contributed by atoms with Crippen LogP contribution < -0.4 is 14.8 Å². The lowest BCUT2D eigenvalue weighted by molar-refractivity contribution is 0.172. The van der Waals surface area contributed by atoms with Crippen LogP contribution in [0.1, 0.15) is 43.7 Å². The fraction of sp³-hybridized carbons (Fsp3) is 0.417. The van der Waals surface area contributed by atoms with E-state index in [-0.39, 0.29) is 17.8 Å². The molecule has 9 heteroatoms. The molecule has 3 rings (SSSR count). The molecule has 0 saturated carbocycles. The van der Waals surface area contributed by atoms with Crippen LogP contribution in [0.3, 0.4) is 0 Å². The zero-order valence-corrected chi connectivity index (χ0v) is 21.4. The maximum Gasteiger partial charge on any atom is 0.229 e. The molecular formula is C24H34ClN3O4S. The Labute approximate surface area is 202 Å². The van der Waals surface area contributed by atoms with Gasteiger partial charge in [-0.2, -0.15) is 0 Å². The Kier molecular flexibility index (Phi) is 8.81. The predicted octanol–water partition coefficient (Wildman–Crippen LogP) is 4.27. The minimum absolute atomic E-state index is 0. The van der Waals surface area contributed by atoms with Gasteiger partial charge in [-0.1, -0.05) is 32.9 Å². The van der Waals surface area contributed by atoms with Crippen molar-refractivity contribution in [2.75, 3.05) is 30.7 Å². The second-order valence-corrected chi connectivity index (χ2v) is 10.9. The predicted molar refractivity (Wildman–Crippen MR) is 137 cm³/mol. The maximum absolute atomic E-state index is 11.4. The van der Waals surface area contributed by atoms with Crippen LogP contribution in [-0.2, 0) is 15.4 Å². The van der Waals surface area contributed by atoms with E-state index in [1.165, 1.54) is 16.6 Å². The number of aromatic nitrogens is 1. The lowest BCUT2D eigenvalue weighted by atomic mass is 9.89. The van der Waals surface area contributed by atoms with Gasteiger partial charge in [0.15, 0.2) is 0 Å². The van der Waals surface area contributed by atoms with E-state index in [9.17, 15) is 13.5 Å². The second kappa shape index (κ2) is 10.8. The minimum atomic E-state index is -3.36. The van der Waals surface area contributed by atoms with Gasteiger partial charge < -0.3 is 20.1 Å². The van der Waals surface area contributed by atoms with Gasteiger partial charge in [-0.3, -0.25) is 4.72 Å². The van der Waals surface area contributed by atoms with Gasteiger partial charge in [0.1, 0.15) is 12.4 Å². The van der Waals surface area contributed by atoms with Crippen LogP contribution in [0.5, 0.6) is 5.75 Å². The van der Waals surface area contributed by atoms with Crippen LogP contribution in [0.4, 0.5) is 5.69 Å². The molecule has 0 aliphatic heterocycles. The Morgan fingerprint density at radius 1 is 1.15 bits per heavy atom. The summed E-state index contributed by atoms with van der Waals surface area (Å²) < 4.78 is 31.0. The first kappa shape index (κ1) is 27.0. The molecule has 1 atom stereocenters. The molecule has 7 nitrogen and oxygen atoms in total. The Bertz CT molecular complexity index is 1190. The molecule has 0 aliphatic carbocycles. The maximum atomic E-state index is 11.4. The fourth-order valence-electron chi connectivity index (χ4n) is 3.78. The van der Waals surface area contributed by atoms with Gasteiger partial charge in [0.25, 0.3) is 0 Å². The van der Waals surface area contributed by atoms with Gasteiger partial charge in [-0.25, -0.2) is 8.42 Å². The van der Waals surface area contributed by atoms with Gasteiger partial charge in [-0.15, -0.1) is 12.4 Å². The zero-order valence-electron chi connectivity index (χ0n) is 19.7. The van der Waals surface area contributed by atoms with E-state index in [1.807, 2.05) is 12.1 Å². The van der Waals surface area contributed by atoms with Crippen LogP contribution in [0.2, 0.25) is 0 Å². The van der Waals surface area contributed by atoms with E-state index in [2.05, 4.69) is 48.8 Å². The smallest absolute Gasteiger partial charge is 0.229 e. The van der Waals surface area contributed by atoms with Crippen molar-refractivity contribution >= 4 is 39.0 Å². The summed E-state index contributed by atoms with van der Waals surface area (Å²) in [5.41, 5.74) is 4.68. The normalized spacial score (nSPS) is 12.9. The van der Waals surface area contributed by atoms with E-state index >= 15 is 0 Å². The molecule has 33 heavy (non-hydrogen) atoms. The number of aryl methyl sites for hydroxylation is 1. The highest BCUT2D eigenvalue weighted by Gasteiger charge is 2.20. The summed E-state index contributed by atoms with van der Waals surface area (Å²) in [5, 5.41) is 14.8. The number of sulfonamides is 1. The summed E-state index contributed by atoms with van der Waals surface area (Å²) >= 11 is 0. The number of aliphatic hydroxyl groups is 1. The number of anilines is 1. The molecule has 0 unspecified atom stereocenters. The summed E-state index contributed by atoms with van der Waals surface area (Å²) in [5.74, 6) is 0.793. The van der Waals surface area contributed by atoms with E-state index in [0.717, 1.165) is 17.5 Å². The molecule has 0 saturated heterocycles. The van der Waals surface area contributed by atoms with Gasteiger partial charge in [0.2, 0.25) is 10.0 Å². The van der Waals surface area contributed by atoms with Crippen molar-refractivity contribution < 1.29 is 18.3 Å². The van der Waals surface area contributed by atoms with E-state index in [4.69, 9.17) is 4.74 Å². The van der Waals surface area contributed by atoms with E-state index in [1.54, 1.807) is 24.3 Å². The summed E-state index contributed by atoms with van der Waals surface area (Å²) in [7, 11) is -3.36. The number of H-pyrrole nitrogens is 1. The van der Waals surface area contributed by atoms with Crippen LogP contribution in [0.15, 0.2) is 42.5 Å². The number of ether oxygens (including phenoxy) is 1. The number of hydrogen-bond acceptors (Lipinski definition) is 5. The quantitative estimate of drug-likeness (QED) is 0.332. The number of aromatic amines is 1. The molecule has 2 aromatic carbocycles. The van der Waals surface area contributed by atoms with E-state index in [0.29, 0.717) is 30.9 Å². The van der Waals surface area contributed by atoms with Gasteiger partial charge in [-0.05, 0) is 42.3 Å². The largest absolute Gasteiger partial charge is 0.492 e. The molecule has 0 bridgehead atoms. The molecule has 0 fully saturated rings. The van der Waals surface area contributed by atoms with Crippen molar-refractivity contribution in [3.8, 4) is 5.75 Å². The number of benzene rings is 2. The van der Waals surface area contributed by atoms with E-state index < -0.39 is 16.1 Å². The summed E-state index contributed by atoms with van der Waals surface area (Å²) in [6.07, 6.45) is 0.334. The molecule has 4 N–H and O–H groups in total. The first-order chi connectivity index (χ1) is 14.9. The van der Waals surface area contributed by atoms with Gasteiger partial charge in [0.05, 0.1) is 12.4 Å². The topological polar surface area (TPSA) is 103 Å². The highest BCUT2D eigenvalue weighted by Crippen LogP contribution is 2.32. The van der Waals surface area contributed by atoms with Crippen molar-refractivity contribution in [3.05, 3.63) is 59.3 Å². The number of hydrogen-bond donors (Lipinski definition) is 4. The van der Waals surface area contributed by atoms with Crippen molar-refractivity contribution in [2.24, 2.45) is 0 Å². The van der Waals surface area contributed by atoms with Crippen LogP contribution in [0.25, 0.3) is 10.9 Å². The summed E-state index contributed by atoms with van der Waals surface area (Å²) in [6, 6.07) is 12.8. The number of aliphatic hydroxyl groups excluding tert-OH is 1. The second-order valence-electron chi connectivity index (χ2n) is 9.15. The number of halogens is 1. The van der Waals surface area contributed by atoms with Crippen molar-refractivity contribution in [2.45, 2.75) is 39.2 Å². The lowest BCUT2D eigenvalue weighted by Gasteiger charge is -2.17. The molecule has 1 aromatic heterocycles. The lowest BCUT2D eigenvalue weighted by Crippen LogP contribution is -2.26. The highest BCUT2D eigenvalue weighted by atomic mass is 35.5. The molecular weight excluding hydrogens is 462 g/mol. The van der Waals surface area contributed by atoms with Crippen LogP contribution in [0, 0.1) is 6.92 Å². The summed E-state index contributed by atoms with van der Waals surface area (Å²) in [4.78, 5) is 3.53. The minimum Gasteiger partial charge on any atom is -0.492 e. The van der Waals surface area contributed by atoms with Crippen LogP contribution >= 0.6 is 12.4 Å². The average molecular weight is 496 g/mol.